The van der Waals surface area contributed by atoms with E-state index in [0.29, 0.717) is 0 Å². The van der Waals surface area contributed by atoms with Crippen molar-refractivity contribution in [2.75, 3.05) is 0 Å². The third-order valence-corrected chi connectivity index (χ3v) is 0. The third kappa shape index (κ3) is 34.9. The summed E-state index contributed by atoms with van der Waals surface area (Å²) in [6, 6.07) is 0. The number of hydrogen-bond acceptors (Lipinski definition) is 1. The Labute approximate surface area is 61.1 Å². The van der Waals surface area contributed by atoms with Crippen LogP contribution in [0.5, 0.6) is 0 Å². The van der Waals surface area contributed by atoms with Crippen LogP contribution in [0.1, 0.15) is 7.43 Å². The quantitative estimate of drug-likeness (QED) is 0.389. The molecule has 0 amide bonds. The Balaban J connectivity index is 0. The van der Waals surface area contributed by atoms with E-state index in [1.807, 2.05) is 0 Å². The Morgan fingerprint density at radius 3 is 1.00 bits per heavy atom. The Morgan fingerprint density at radius 1 is 1.00 bits per heavy atom. The topological polar surface area (TPSA) is 35.0 Å². The molecule has 0 aliphatic rings. The molecule has 32 valence electrons. The number of hydrogen-bond donors (Lipinski definition) is 1. The molecule has 0 aliphatic carbocycles. The van der Waals surface area contributed by atoms with E-state index in [4.69, 9.17) is 0 Å². The number of rotatable bonds is 0. The fourth-order valence-corrected chi connectivity index (χ4v) is 0. The van der Waals surface area contributed by atoms with Crippen LogP contribution in [-0.4, -0.2) is 25.8 Å². The Hall–Kier alpha value is 1.27. The van der Waals surface area contributed by atoms with Gasteiger partial charge in [0.25, 0.3) is 0 Å². The molecular formula is CH13AlBNTi. The van der Waals surface area contributed by atoms with Gasteiger partial charge in [0.2, 0.25) is 0 Å². The summed E-state index contributed by atoms with van der Waals surface area (Å²) in [5, 5.41) is 0. The summed E-state index contributed by atoms with van der Waals surface area (Å²) in [6.45, 7) is 0. The van der Waals surface area contributed by atoms with E-state index in [2.05, 4.69) is 0 Å². The van der Waals surface area contributed by atoms with Gasteiger partial charge in [-0.1, -0.05) is 7.43 Å². The minimum Gasteiger partial charge on any atom is -0.344 e. The van der Waals surface area contributed by atoms with E-state index in [1.54, 1.807) is 0 Å². The fraction of sp³-hybridized carbons (Fsp3) is 1.00. The SMILES string of the molecule is B.C.N.[AlH3].[Ti]. The van der Waals surface area contributed by atoms with Crippen molar-refractivity contribution >= 4 is 25.8 Å². The molecule has 0 rings (SSSR count). The normalized spacial score (nSPS) is 0. The van der Waals surface area contributed by atoms with Gasteiger partial charge in [-0.2, -0.15) is 0 Å². The van der Waals surface area contributed by atoms with Crippen molar-refractivity contribution in [2.45, 2.75) is 7.43 Å². The Bertz CT molecular complexity index is 11.6. The van der Waals surface area contributed by atoms with E-state index >= 15 is 0 Å². The molecule has 1 nitrogen and oxygen atoms in total. The molecule has 0 radical (unpaired) electrons. The molecule has 0 aromatic heterocycles. The van der Waals surface area contributed by atoms with E-state index in [-0.39, 0.29) is 61.1 Å². The summed E-state index contributed by atoms with van der Waals surface area (Å²) in [4.78, 5) is 0. The molecule has 0 fully saturated rings. The van der Waals surface area contributed by atoms with Crippen molar-refractivity contribution in [1.29, 1.82) is 0 Å². The van der Waals surface area contributed by atoms with Gasteiger partial charge in [0.1, 0.15) is 0 Å². The third-order valence-electron chi connectivity index (χ3n) is 0. The minimum atomic E-state index is 0. The Morgan fingerprint density at radius 2 is 1.00 bits per heavy atom. The summed E-state index contributed by atoms with van der Waals surface area (Å²) >= 11 is 0. The van der Waals surface area contributed by atoms with Crippen LogP contribution in [0.4, 0.5) is 0 Å². The summed E-state index contributed by atoms with van der Waals surface area (Å²) in [5.41, 5.74) is 0. The van der Waals surface area contributed by atoms with Gasteiger partial charge in [-0.15, -0.1) is 0 Å². The van der Waals surface area contributed by atoms with E-state index in [1.165, 1.54) is 0 Å². The van der Waals surface area contributed by atoms with Crippen LogP contribution in [0.25, 0.3) is 0 Å². The molecule has 0 saturated carbocycles. The molecule has 0 aliphatic heterocycles. The molecular weight excluding hydrogens is 112 g/mol. The predicted molar refractivity (Wildman–Crippen MR) is 31.6 cm³/mol. The first-order chi connectivity index (χ1) is 0. The van der Waals surface area contributed by atoms with Gasteiger partial charge in [0.15, 0.2) is 17.4 Å². The first-order valence-corrected chi connectivity index (χ1v) is 0. The van der Waals surface area contributed by atoms with Gasteiger partial charge < -0.3 is 6.15 Å². The maximum absolute atomic E-state index is 0. The van der Waals surface area contributed by atoms with E-state index in [0.717, 1.165) is 0 Å². The van der Waals surface area contributed by atoms with Crippen LogP contribution in [0, 0.1) is 0 Å². The zero-order chi connectivity index (χ0) is 0. The van der Waals surface area contributed by atoms with Gasteiger partial charge >= 0.3 is 0 Å². The summed E-state index contributed by atoms with van der Waals surface area (Å²) in [6.07, 6.45) is 0. The monoisotopic (exact) mass is 125 g/mol. The van der Waals surface area contributed by atoms with Crippen LogP contribution in [0.3, 0.4) is 0 Å². The maximum Gasteiger partial charge on any atom is 0.187 e. The fourth-order valence-electron chi connectivity index (χ4n) is 0. The van der Waals surface area contributed by atoms with Crippen molar-refractivity contribution in [3.05, 3.63) is 0 Å². The zero-order valence-corrected chi connectivity index (χ0v) is 2.77. The molecule has 0 heterocycles. The van der Waals surface area contributed by atoms with Crippen LogP contribution >= 0.6 is 0 Å². The van der Waals surface area contributed by atoms with Crippen molar-refractivity contribution in [3.8, 4) is 0 Å². The van der Waals surface area contributed by atoms with Gasteiger partial charge in [0.05, 0.1) is 8.41 Å². The van der Waals surface area contributed by atoms with Gasteiger partial charge in [-0.05, 0) is 0 Å². The summed E-state index contributed by atoms with van der Waals surface area (Å²) in [7, 11) is 0. The van der Waals surface area contributed by atoms with Gasteiger partial charge in [-0.3, -0.25) is 0 Å². The van der Waals surface area contributed by atoms with Crippen molar-refractivity contribution in [2.24, 2.45) is 0 Å². The maximum atomic E-state index is 0. The summed E-state index contributed by atoms with van der Waals surface area (Å²) < 4.78 is 0. The van der Waals surface area contributed by atoms with Crippen LogP contribution in [0.2, 0.25) is 0 Å². The summed E-state index contributed by atoms with van der Waals surface area (Å²) in [5.74, 6) is 0. The molecule has 0 aromatic carbocycles. The Kier molecular flexibility index (Phi) is 1280. The average molecular weight is 125 g/mol. The standard InChI is InChI=1S/CH4.Al.BH3.H3N.Ti.3H/h1H4;;2*1H3;;;;. The van der Waals surface area contributed by atoms with E-state index < -0.39 is 0 Å². The largest absolute Gasteiger partial charge is 0.344 e. The second-order valence-electron chi connectivity index (χ2n) is 0. The molecule has 5 heavy (non-hydrogen) atoms. The first-order valence-electron chi connectivity index (χ1n) is 0. The van der Waals surface area contributed by atoms with Crippen LogP contribution < -0.4 is 6.15 Å². The second-order valence-corrected chi connectivity index (χ2v) is 0. The van der Waals surface area contributed by atoms with Crippen molar-refractivity contribution < 1.29 is 21.7 Å². The smallest absolute Gasteiger partial charge is 0.187 e. The molecule has 3 N–H and O–H groups in total. The zero-order valence-electron chi connectivity index (χ0n) is 1.21. The molecule has 0 atom stereocenters. The van der Waals surface area contributed by atoms with Gasteiger partial charge in [-0.25, -0.2) is 0 Å². The van der Waals surface area contributed by atoms with Crippen LogP contribution in [0.15, 0.2) is 0 Å². The molecule has 4 heteroatoms. The van der Waals surface area contributed by atoms with Crippen LogP contribution in [-0.2, 0) is 21.7 Å². The minimum absolute atomic E-state index is 0. The molecule has 0 unspecified atom stereocenters. The second kappa shape index (κ2) is 59.5. The molecule has 0 saturated heterocycles. The first kappa shape index (κ1) is 108. The predicted octanol–water partition coefficient (Wildman–Crippen LogP) is -1.57. The van der Waals surface area contributed by atoms with Crippen molar-refractivity contribution in [3.63, 3.8) is 0 Å². The molecule has 0 spiro atoms. The van der Waals surface area contributed by atoms with Crippen molar-refractivity contribution in [1.82, 2.24) is 6.15 Å². The molecule has 0 bridgehead atoms. The van der Waals surface area contributed by atoms with E-state index in [9.17, 15) is 0 Å². The molecule has 0 aromatic rings. The van der Waals surface area contributed by atoms with Gasteiger partial charge in [0, 0.05) is 21.7 Å². The average Bonchev–Trinajstić information content (AvgIpc) is 0.